The third kappa shape index (κ3) is 5.78. The zero-order chi connectivity index (χ0) is 24.1. The third-order valence-electron chi connectivity index (χ3n) is 6.02. The first kappa shape index (κ1) is 24.3. The van der Waals surface area contributed by atoms with E-state index >= 15 is 0 Å². The monoisotopic (exact) mass is 489 g/mol. The van der Waals surface area contributed by atoms with Gasteiger partial charge in [0.15, 0.2) is 9.84 Å². The van der Waals surface area contributed by atoms with Crippen molar-refractivity contribution >= 4 is 15.9 Å². The molecule has 10 heteroatoms. The SMILES string of the molecule is CCCCOC(=O)N1CCC(Oc2ncnc(Oc3ccc(S(=O)(=O)C4CC4)cc3)c2C)CC1. The molecule has 2 aromatic rings. The van der Waals surface area contributed by atoms with Crippen LogP contribution in [0.4, 0.5) is 4.79 Å². The van der Waals surface area contributed by atoms with Gasteiger partial charge in [-0.05, 0) is 50.5 Å². The smallest absolute Gasteiger partial charge is 0.409 e. The summed E-state index contributed by atoms with van der Waals surface area (Å²) < 4.78 is 42.0. The van der Waals surface area contributed by atoms with E-state index in [1.165, 1.54) is 6.33 Å². The fourth-order valence-corrected chi connectivity index (χ4v) is 5.39. The number of hydrogen-bond acceptors (Lipinski definition) is 8. The number of rotatable bonds is 9. The zero-order valence-corrected chi connectivity index (χ0v) is 20.4. The number of nitrogens with zero attached hydrogens (tertiary/aromatic N) is 3. The number of hydrogen-bond donors (Lipinski definition) is 0. The molecule has 0 unspecified atom stereocenters. The van der Waals surface area contributed by atoms with Gasteiger partial charge in [0, 0.05) is 25.9 Å². The Hall–Kier alpha value is -2.88. The number of likely N-dealkylation sites (tertiary alicyclic amines) is 1. The molecule has 9 nitrogen and oxygen atoms in total. The Balaban J connectivity index is 1.33. The van der Waals surface area contributed by atoms with Crippen LogP contribution >= 0.6 is 0 Å². The fourth-order valence-electron chi connectivity index (χ4n) is 3.73. The molecule has 1 saturated heterocycles. The molecule has 1 aliphatic carbocycles. The highest BCUT2D eigenvalue weighted by Gasteiger charge is 2.36. The van der Waals surface area contributed by atoms with E-state index < -0.39 is 9.84 Å². The van der Waals surface area contributed by atoms with Crippen molar-refractivity contribution in [3.05, 3.63) is 36.2 Å². The number of unbranched alkanes of at least 4 members (excludes halogenated alkanes) is 1. The van der Waals surface area contributed by atoms with Crippen molar-refractivity contribution in [1.82, 2.24) is 14.9 Å². The summed E-state index contributed by atoms with van der Waals surface area (Å²) >= 11 is 0. The first-order valence-electron chi connectivity index (χ1n) is 11.8. The quantitative estimate of drug-likeness (QED) is 0.480. The minimum Gasteiger partial charge on any atom is -0.474 e. The van der Waals surface area contributed by atoms with Crippen molar-refractivity contribution in [3.8, 4) is 17.5 Å². The molecule has 0 N–H and O–H groups in total. The summed E-state index contributed by atoms with van der Waals surface area (Å²) in [6.07, 6.45) is 5.71. The van der Waals surface area contributed by atoms with Crippen LogP contribution in [0.5, 0.6) is 17.5 Å². The molecule has 34 heavy (non-hydrogen) atoms. The number of amides is 1. The number of carbonyl (C=O) groups is 1. The standard InChI is InChI=1S/C24H31N3O6S/c1-3-4-15-31-24(28)27-13-11-19(12-14-27)33-23-17(2)22(25-16-26-23)32-18-5-7-20(8-6-18)34(29,30)21-9-10-21/h5-8,16,19,21H,3-4,9-15H2,1-2H3. The number of aromatic nitrogens is 2. The molecule has 1 aromatic heterocycles. The molecule has 1 amide bonds. The molecular formula is C24H31N3O6S. The number of carbonyl (C=O) groups excluding carboxylic acids is 1. The lowest BCUT2D eigenvalue weighted by atomic mass is 10.1. The average Bonchev–Trinajstić information content (AvgIpc) is 3.69. The molecule has 0 radical (unpaired) electrons. The van der Waals surface area contributed by atoms with Crippen LogP contribution in [-0.4, -0.2) is 60.4 Å². The van der Waals surface area contributed by atoms with Gasteiger partial charge in [-0.1, -0.05) is 13.3 Å². The van der Waals surface area contributed by atoms with Crippen molar-refractivity contribution < 1.29 is 27.4 Å². The van der Waals surface area contributed by atoms with Crippen LogP contribution in [0.2, 0.25) is 0 Å². The van der Waals surface area contributed by atoms with E-state index in [4.69, 9.17) is 14.2 Å². The van der Waals surface area contributed by atoms with Gasteiger partial charge >= 0.3 is 6.09 Å². The van der Waals surface area contributed by atoms with Crippen molar-refractivity contribution in [3.63, 3.8) is 0 Å². The van der Waals surface area contributed by atoms with Crippen LogP contribution in [0, 0.1) is 6.92 Å². The number of ether oxygens (including phenoxy) is 3. The average molecular weight is 490 g/mol. The summed E-state index contributed by atoms with van der Waals surface area (Å²) in [4.78, 5) is 22.6. The van der Waals surface area contributed by atoms with Gasteiger partial charge in [0.05, 0.1) is 22.3 Å². The number of benzene rings is 1. The van der Waals surface area contributed by atoms with Crippen molar-refractivity contribution in [2.75, 3.05) is 19.7 Å². The minimum absolute atomic E-state index is 0.0759. The second-order valence-corrected chi connectivity index (χ2v) is 10.9. The number of sulfone groups is 1. The Kier molecular flexibility index (Phi) is 7.55. The second kappa shape index (κ2) is 10.6. The maximum atomic E-state index is 12.4. The zero-order valence-electron chi connectivity index (χ0n) is 19.6. The summed E-state index contributed by atoms with van der Waals surface area (Å²) in [6.45, 7) is 5.46. The summed E-state index contributed by atoms with van der Waals surface area (Å²) in [6, 6.07) is 6.40. The van der Waals surface area contributed by atoms with Gasteiger partial charge in [0.25, 0.3) is 0 Å². The molecule has 1 saturated carbocycles. The lowest BCUT2D eigenvalue weighted by Crippen LogP contribution is -2.42. The predicted molar refractivity (Wildman–Crippen MR) is 125 cm³/mol. The Labute approximate surface area is 200 Å². The lowest BCUT2D eigenvalue weighted by Gasteiger charge is -2.31. The molecule has 1 aromatic carbocycles. The van der Waals surface area contributed by atoms with Gasteiger partial charge in [-0.15, -0.1) is 0 Å². The minimum atomic E-state index is -3.24. The number of piperidine rings is 1. The van der Waals surface area contributed by atoms with Gasteiger partial charge in [-0.25, -0.2) is 23.2 Å². The molecule has 0 atom stereocenters. The van der Waals surface area contributed by atoms with E-state index in [2.05, 4.69) is 16.9 Å². The summed E-state index contributed by atoms with van der Waals surface area (Å²) in [7, 11) is -3.24. The van der Waals surface area contributed by atoms with Gasteiger partial charge in [-0.3, -0.25) is 0 Å². The Morgan fingerprint density at radius 3 is 2.38 bits per heavy atom. The van der Waals surface area contributed by atoms with Crippen molar-refractivity contribution in [2.45, 2.75) is 68.6 Å². The molecule has 0 bridgehead atoms. The second-order valence-electron chi connectivity index (χ2n) is 8.70. The normalized spacial score (nSPS) is 16.8. The Bertz CT molecular complexity index is 1090. The molecule has 184 valence electrons. The molecule has 2 aliphatic rings. The molecule has 1 aliphatic heterocycles. The molecule has 0 spiro atoms. The molecular weight excluding hydrogens is 458 g/mol. The van der Waals surface area contributed by atoms with Crippen LogP contribution in [-0.2, 0) is 14.6 Å². The van der Waals surface area contributed by atoms with E-state index in [0.717, 1.165) is 25.7 Å². The Morgan fingerprint density at radius 1 is 1.06 bits per heavy atom. The molecule has 2 heterocycles. The van der Waals surface area contributed by atoms with Crippen LogP contribution in [0.15, 0.2) is 35.5 Å². The van der Waals surface area contributed by atoms with Crippen LogP contribution < -0.4 is 9.47 Å². The van der Waals surface area contributed by atoms with Gasteiger partial charge in [0.2, 0.25) is 11.8 Å². The summed E-state index contributed by atoms with van der Waals surface area (Å²) in [5, 5.41) is -0.248. The first-order chi connectivity index (χ1) is 16.4. The van der Waals surface area contributed by atoms with Gasteiger partial charge in [-0.2, -0.15) is 0 Å². The summed E-state index contributed by atoms with van der Waals surface area (Å²) in [5.74, 6) is 1.26. The Morgan fingerprint density at radius 2 is 1.74 bits per heavy atom. The fraction of sp³-hybridized carbons (Fsp3) is 0.542. The lowest BCUT2D eigenvalue weighted by molar-refractivity contribution is 0.0652. The van der Waals surface area contributed by atoms with E-state index in [-0.39, 0.29) is 17.4 Å². The highest BCUT2D eigenvalue weighted by atomic mass is 32.2. The van der Waals surface area contributed by atoms with Crippen LogP contribution in [0.25, 0.3) is 0 Å². The maximum Gasteiger partial charge on any atom is 0.409 e. The van der Waals surface area contributed by atoms with Crippen molar-refractivity contribution in [1.29, 1.82) is 0 Å². The topological polar surface area (TPSA) is 108 Å². The van der Waals surface area contributed by atoms with E-state index in [1.54, 1.807) is 29.2 Å². The van der Waals surface area contributed by atoms with E-state index in [1.807, 2.05) is 6.92 Å². The van der Waals surface area contributed by atoms with E-state index in [0.29, 0.717) is 60.5 Å². The largest absolute Gasteiger partial charge is 0.474 e. The maximum absolute atomic E-state index is 12.4. The highest BCUT2D eigenvalue weighted by molar-refractivity contribution is 7.92. The summed E-state index contributed by atoms with van der Waals surface area (Å²) in [5.41, 5.74) is 0.651. The first-order valence-corrected chi connectivity index (χ1v) is 13.3. The third-order valence-corrected chi connectivity index (χ3v) is 8.30. The van der Waals surface area contributed by atoms with Crippen molar-refractivity contribution in [2.24, 2.45) is 0 Å². The van der Waals surface area contributed by atoms with Gasteiger partial charge in [0.1, 0.15) is 18.2 Å². The van der Waals surface area contributed by atoms with Gasteiger partial charge < -0.3 is 19.1 Å². The molecule has 4 rings (SSSR count). The van der Waals surface area contributed by atoms with Crippen LogP contribution in [0.3, 0.4) is 0 Å². The van der Waals surface area contributed by atoms with Crippen LogP contribution in [0.1, 0.15) is 51.0 Å². The predicted octanol–water partition coefficient (Wildman–Crippen LogP) is 4.29. The highest BCUT2D eigenvalue weighted by Crippen LogP contribution is 2.35. The molecule has 2 fully saturated rings. The van der Waals surface area contributed by atoms with E-state index in [9.17, 15) is 13.2 Å².